The standard InChI is InChI=1S/C49H48OP2/c1-3-4-35-50-49-41(38-51(43-23-11-5-12-24-43,44-25-13-6-14-26-44)45-27-15-7-16-28-45)36-40(2)37-42(49)39-52(46-29-17-8-18-30-46,47-31-19-9-20-32-47)48-33-21-10-22-34-48/h5-34,36-37H,3-4,35,38-39H2,1-2H3/q+2. The Labute approximate surface area is 312 Å². The van der Waals surface area contributed by atoms with Crippen molar-refractivity contribution < 1.29 is 4.74 Å². The van der Waals surface area contributed by atoms with Crippen LogP contribution in [0.2, 0.25) is 0 Å². The lowest BCUT2D eigenvalue weighted by Crippen LogP contribution is -2.33. The second-order valence-corrected chi connectivity index (χ2v) is 20.5. The average molecular weight is 715 g/mol. The van der Waals surface area contributed by atoms with Crippen LogP contribution < -0.4 is 36.6 Å². The van der Waals surface area contributed by atoms with E-state index in [1.54, 1.807) is 0 Å². The molecule has 0 radical (unpaired) electrons. The zero-order chi connectivity index (χ0) is 35.6. The van der Waals surface area contributed by atoms with Crippen LogP contribution >= 0.6 is 14.5 Å². The van der Waals surface area contributed by atoms with Crippen molar-refractivity contribution in [3.8, 4) is 5.75 Å². The highest BCUT2D eigenvalue weighted by Crippen LogP contribution is 2.62. The fourth-order valence-corrected chi connectivity index (χ4v) is 16.2. The Bertz CT molecular complexity index is 1790. The SMILES string of the molecule is CCCCOc1c(C[P+](c2ccccc2)(c2ccccc2)c2ccccc2)cc(C)cc1C[P+](c1ccccc1)(c1ccccc1)c1ccccc1. The Morgan fingerprint density at radius 1 is 0.404 bits per heavy atom. The van der Waals surface area contributed by atoms with E-state index in [-0.39, 0.29) is 0 Å². The summed E-state index contributed by atoms with van der Waals surface area (Å²) >= 11 is 0. The summed E-state index contributed by atoms with van der Waals surface area (Å²) in [5.74, 6) is 1.07. The quantitative estimate of drug-likeness (QED) is 0.0805. The van der Waals surface area contributed by atoms with E-state index in [2.05, 4.69) is 208 Å². The minimum atomic E-state index is -2.18. The topological polar surface area (TPSA) is 9.23 Å². The van der Waals surface area contributed by atoms with Crippen LogP contribution in [0.3, 0.4) is 0 Å². The van der Waals surface area contributed by atoms with Crippen LogP contribution in [0.5, 0.6) is 5.75 Å². The van der Waals surface area contributed by atoms with Crippen molar-refractivity contribution in [2.75, 3.05) is 6.61 Å². The molecule has 0 saturated carbocycles. The summed E-state index contributed by atoms with van der Waals surface area (Å²) in [6, 6.07) is 72.3. The maximum Gasteiger partial charge on any atom is 0.133 e. The van der Waals surface area contributed by atoms with Crippen molar-refractivity contribution >= 4 is 46.4 Å². The summed E-state index contributed by atoms with van der Waals surface area (Å²) in [7, 11) is -4.35. The van der Waals surface area contributed by atoms with E-state index in [0.29, 0.717) is 6.61 Å². The third-order valence-electron chi connectivity index (χ3n) is 10.1. The molecule has 7 rings (SSSR count). The predicted molar refractivity (Wildman–Crippen MR) is 229 cm³/mol. The maximum absolute atomic E-state index is 7.11. The number of ether oxygens (including phenoxy) is 1. The molecule has 0 bridgehead atoms. The molecular weight excluding hydrogens is 666 g/mol. The lowest BCUT2D eigenvalue weighted by molar-refractivity contribution is 0.305. The van der Waals surface area contributed by atoms with E-state index in [1.807, 2.05) is 0 Å². The van der Waals surface area contributed by atoms with Crippen LogP contribution in [0.4, 0.5) is 0 Å². The Balaban J connectivity index is 1.49. The molecule has 0 unspecified atom stereocenters. The number of hydrogen-bond donors (Lipinski definition) is 0. The second-order valence-electron chi connectivity index (χ2n) is 13.6. The molecule has 258 valence electrons. The smallest absolute Gasteiger partial charge is 0.133 e. The van der Waals surface area contributed by atoms with Gasteiger partial charge >= 0.3 is 0 Å². The Kier molecular flexibility index (Phi) is 11.4. The maximum atomic E-state index is 7.11. The Morgan fingerprint density at radius 2 is 0.673 bits per heavy atom. The van der Waals surface area contributed by atoms with E-state index < -0.39 is 14.5 Å². The Hall–Kier alpha value is -4.80. The van der Waals surface area contributed by atoms with Crippen LogP contribution in [0.1, 0.15) is 36.5 Å². The third-order valence-corrected chi connectivity index (χ3v) is 18.8. The van der Waals surface area contributed by atoms with Gasteiger partial charge in [-0.25, -0.2) is 0 Å². The molecule has 7 aromatic carbocycles. The summed E-state index contributed by atoms with van der Waals surface area (Å²) in [6.07, 6.45) is 3.84. The molecule has 0 saturated heterocycles. The molecule has 0 atom stereocenters. The van der Waals surface area contributed by atoms with Gasteiger partial charge in [0.2, 0.25) is 0 Å². The van der Waals surface area contributed by atoms with E-state index >= 15 is 0 Å². The molecule has 0 aliphatic carbocycles. The van der Waals surface area contributed by atoms with Gasteiger partial charge < -0.3 is 4.74 Å². The first-order valence-electron chi connectivity index (χ1n) is 18.5. The zero-order valence-electron chi connectivity index (χ0n) is 30.3. The van der Waals surface area contributed by atoms with Crippen molar-refractivity contribution in [3.05, 3.63) is 211 Å². The van der Waals surface area contributed by atoms with Crippen molar-refractivity contribution in [1.29, 1.82) is 0 Å². The summed E-state index contributed by atoms with van der Waals surface area (Å²) in [6.45, 7) is 5.21. The number of hydrogen-bond acceptors (Lipinski definition) is 1. The monoisotopic (exact) mass is 714 g/mol. The molecule has 0 heterocycles. The first kappa shape index (κ1) is 35.6. The number of unbranched alkanes of at least 4 members (excludes halogenated alkanes) is 1. The number of aryl methyl sites for hydroxylation is 1. The van der Waals surface area contributed by atoms with Gasteiger partial charge in [0.1, 0.15) is 64.4 Å². The van der Waals surface area contributed by atoms with Gasteiger partial charge in [0.15, 0.2) is 0 Å². The number of rotatable bonds is 14. The Morgan fingerprint density at radius 3 is 0.923 bits per heavy atom. The largest absolute Gasteiger partial charge is 0.493 e. The highest BCUT2D eigenvalue weighted by atomic mass is 31.2. The second kappa shape index (κ2) is 16.7. The van der Waals surface area contributed by atoms with Gasteiger partial charge in [-0.3, -0.25) is 0 Å². The van der Waals surface area contributed by atoms with Crippen LogP contribution in [-0.2, 0) is 12.3 Å². The third kappa shape index (κ3) is 7.27. The first-order valence-corrected chi connectivity index (χ1v) is 22.4. The van der Waals surface area contributed by atoms with Crippen molar-refractivity contribution in [2.45, 2.75) is 39.0 Å². The molecule has 0 spiro atoms. The summed E-state index contributed by atoms with van der Waals surface area (Å²) in [4.78, 5) is 0. The van der Waals surface area contributed by atoms with E-state index in [9.17, 15) is 0 Å². The van der Waals surface area contributed by atoms with Crippen LogP contribution in [0.25, 0.3) is 0 Å². The lowest BCUT2D eigenvalue weighted by atomic mass is 10.1. The molecule has 0 aliphatic rings. The molecule has 0 aliphatic heterocycles. The molecule has 0 aromatic heterocycles. The van der Waals surface area contributed by atoms with Gasteiger partial charge in [-0.1, -0.05) is 128 Å². The van der Waals surface area contributed by atoms with Crippen molar-refractivity contribution in [3.63, 3.8) is 0 Å². The molecule has 0 amide bonds. The van der Waals surface area contributed by atoms with Gasteiger partial charge in [-0.15, -0.1) is 0 Å². The molecule has 0 N–H and O–H groups in total. The van der Waals surface area contributed by atoms with Crippen molar-refractivity contribution in [1.82, 2.24) is 0 Å². The van der Waals surface area contributed by atoms with Gasteiger partial charge in [0, 0.05) is 11.1 Å². The van der Waals surface area contributed by atoms with Gasteiger partial charge in [0.25, 0.3) is 0 Å². The van der Waals surface area contributed by atoms with Gasteiger partial charge in [-0.05, 0) is 98.3 Å². The number of benzene rings is 7. The molecular formula is C49H48OP2+2. The predicted octanol–water partition coefficient (Wildman–Crippen LogP) is 10.2. The summed E-state index contributed by atoms with van der Waals surface area (Å²) < 4.78 is 7.11. The molecule has 0 fully saturated rings. The minimum absolute atomic E-state index is 0.695. The molecule has 1 nitrogen and oxygen atoms in total. The summed E-state index contributed by atoms with van der Waals surface area (Å²) in [5, 5.41) is 8.30. The molecule has 7 aromatic rings. The van der Waals surface area contributed by atoms with E-state index in [0.717, 1.165) is 30.9 Å². The van der Waals surface area contributed by atoms with Crippen LogP contribution in [0, 0.1) is 6.92 Å². The highest BCUT2D eigenvalue weighted by molar-refractivity contribution is 7.95. The highest BCUT2D eigenvalue weighted by Gasteiger charge is 2.48. The van der Waals surface area contributed by atoms with Gasteiger partial charge in [-0.2, -0.15) is 0 Å². The first-order chi connectivity index (χ1) is 25.6. The minimum Gasteiger partial charge on any atom is -0.493 e. The average Bonchev–Trinajstić information content (AvgIpc) is 3.22. The van der Waals surface area contributed by atoms with E-state index in [1.165, 1.54) is 48.5 Å². The zero-order valence-corrected chi connectivity index (χ0v) is 32.1. The summed E-state index contributed by atoms with van der Waals surface area (Å²) in [5.41, 5.74) is 3.86. The van der Waals surface area contributed by atoms with E-state index in [4.69, 9.17) is 4.74 Å². The van der Waals surface area contributed by atoms with Crippen LogP contribution in [0.15, 0.2) is 194 Å². The van der Waals surface area contributed by atoms with Crippen LogP contribution in [-0.4, -0.2) is 6.61 Å². The molecule has 3 heteroatoms. The fraction of sp³-hybridized carbons (Fsp3) is 0.143. The molecule has 52 heavy (non-hydrogen) atoms. The fourth-order valence-electron chi connectivity index (χ4n) is 7.72. The van der Waals surface area contributed by atoms with Crippen molar-refractivity contribution in [2.24, 2.45) is 0 Å². The normalized spacial score (nSPS) is 11.7. The lowest BCUT2D eigenvalue weighted by Gasteiger charge is -2.31. The van der Waals surface area contributed by atoms with Gasteiger partial charge in [0.05, 0.1) is 6.61 Å².